The van der Waals surface area contributed by atoms with E-state index in [4.69, 9.17) is 5.73 Å². The fraction of sp³-hybridized carbons (Fsp3) is 1.00. The van der Waals surface area contributed by atoms with Crippen molar-refractivity contribution in [2.24, 2.45) is 11.1 Å². The van der Waals surface area contributed by atoms with E-state index >= 15 is 0 Å². The largest absolute Gasteiger partial charge is 0.326 e. The Labute approximate surface area is 75.1 Å². The lowest BCUT2D eigenvalue weighted by Crippen LogP contribution is -2.57. The molecule has 1 saturated heterocycles. The molecule has 2 fully saturated rings. The Balaban J connectivity index is 1.82. The van der Waals surface area contributed by atoms with Crippen molar-refractivity contribution in [2.45, 2.75) is 45.2 Å². The number of hydrogen-bond donors (Lipinski definition) is 1. The van der Waals surface area contributed by atoms with Gasteiger partial charge in [0.1, 0.15) is 0 Å². The molecule has 1 saturated carbocycles. The van der Waals surface area contributed by atoms with Gasteiger partial charge in [-0.15, -0.1) is 0 Å². The van der Waals surface area contributed by atoms with Crippen molar-refractivity contribution in [1.82, 2.24) is 4.90 Å². The summed E-state index contributed by atoms with van der Waals surface area (Å²) in [4.78, 5) is 2.57. The molecule has 0 radical (unpaired) electrons. The summed E-state index contributed by atoms with van der Waals surface area (Å²) in [6, 6.07) is 1.24. The lowest BCUT2D eigenvalue weighted by molar-refractivity contribution is -0.0133. The van der Waals surface area contributed by atoms with Crippen LogP contribution in [0.1, 0.15) is 33.1 Å². The number of likely N-dealkylation sites (tertiary alicyclic amines) is 1. The van der Waals surface area contributed by atoms with Crippen LogP contribution in [0.15, 0.2) is 0 Å². The minimum atomic E-state index is 0.497. The Hall–Kier alpha value is -0.0800. The van der Waals surface area contributed by atoms with Crippen molar-refractivity contribution in [1.29, 1.82) is 0 Å². The van der Waals surface area contributed by atoms with Crippen LogP contribution in [0.3, 0.4) is 0 Å². The standard InChI is InChI=1S/C10H20N2/c1-3-10(4-2)6-12(7-10)9-5-8(9)11/h8-9H,3-7,11H2,1-2H3. The van der Waals surface area contributed by atoms with Gasteiger partial charge in [-0.05, 0) is 24.7 Å². The van der Waals surface area contributed by atoms with Gasteiger partial charge in [-0.2, -0.15) is 0 Å². The van der Waals surface area contributed by atoms with E-state index in [1.807, 2.05) is 0 Å². The molecule has 0 aromatic carbocycles. The molecule has 70 valence electrons. The van der Waals surface area contributed by atoms with E-state index in [0.29, 0.717) is 11.5 Å². The lowest BCUT2D eigenvalue weighted by atomic mass is 9.75. The smallest absolute Gasteiger partial charge is 0.0263 e. The maximum absolute atomic E-state index is 5.81. The second-order valence-corrected chi connectivity index (χ2v) is 4.58. The molecule has 0 aromatic heterocycles. The molecule has 2 heteroatoms. The Morgan fingerprint density at radius 2 is 1.83 bits per heavy atom. The molecule has 2 aliphatic rings. The van der Waals surface area contributed by atoms with Crippen LogP contribution in [-0.2, 0) is 0 Å². The SMILES string of the molecule is CCC1(CC)CN(C2CC2N)C1. The molecule has 2 nitrogen and oxygen atoms in total. The summed E-state index contributed by atoms with van der Waals surface area (Å²) >= 11 is 0. The molecule has 0 bridgehead atoms. The summed E-state index contributed by atoms with van der Waals surface area (Å²) in [5.74, 6) is 0. The molecular formula is C10H20N2. The highest BCUT2D eigenvalue weighted by Gasteiger charge is 2.49. The third kappa shape index (κ3) is 1.17. The second-order valence-electron chi connectivity index (χ2n) is 4.58. The van der Waals surface area contributed by atoms with Gasteiger partial charge < -0.3 is 5.73 Å². The van der Waals surface area contributed by atoms with Crippen LogP contribution in [0.5, 0.6) is 0 Å². The van der Waals surface area contributed by atoms with Crippen LogP contribution in [0.25, 0.3) is 0 Å². The minimum Gasteiger partial charge on any atom is -0.326 e. The summed E-state index contributed by atoms with van der Waals surface area (Å²) in [7, 11) is 0. The van der Waals surface area contributed by atoms with Gasteiger partial charge in [0.25, 0.3) is 0 Å². The lowest BCUT2D eigenvalue weighted by Gasteiger charge is -2.50. The minimum absolute atomic E-state index is 0.497. The summed E-state index contributed by atoms with van der Waals surface area (Å²) in [5, 5.41) is 0. The van der Waals surface area contributed by atoms with Gasteiger partial charge in [0.15, 0.2) is 0 Å². The highest BCUT2D eigenvalue weighted by atomic mass is 15.3. The van der Waals surface area contributed by atoms with Crippen molar-refractivity contribution < 1.29 is 0 Å². The van der Waals surface area contributed by atoms with E-state index < -0.39 is 0 Å². The van der Waals surface area contributed by atoms with Gasteiger partial charge in [0, 0.05) is 25.2 Å². The third-order valence-corrected chi connectivity index (χ3v) is 3.85. The first-order valence-electron chi connectivity index (χ1n) is 5.20. The predicted molar refractivity (Wildman–Crippen MR) is 51.0 cm³/mol. The molecule has 0 aromatic rings. The average Bonchev–Trinajstić information content (AvgIpc) is 2.67. The number of hydrogen-bond acceptors (Lipinski definition) is 2. The Morgan fingerprint density at radius 3 is 2.17 bits per heavy atom. The summed E-state index contributed by atoms with van der Waals surface area (Å²) < 4.78 is 0. The van der Waals surface area contributed by atoms with Crippen molar-refractivity contribution >= 4 is 0 Å². The van der Waals surface area contributed by atoms with Crippen LogP contribution < -0.4 is 5.73 Å². The molecule has 0 amide bonds. The van der Waals surface area contributed by atoms with E-state index in [9.17, 15) is 0 Å². The van der Waals surface area contributed by atoms with Crippen molar-refractivity contribution in [3.8, 4) is 0 Å². The highest BCUT2D eigenvalue weighted by molar-refractivity contribution is 5.06. The van der Waals surface area contributed by atoms with E-state index in [0.717, 1.165) is 6.04 Å². The topological polar surface area (TPSA) is 29.3 Å². The van der Waals surface area contributed by atoms with E-state index in [-0.39, 0.29) is 0 Å². The number of rotatable bonds is 3. The molecule has 2 N–H and O–H groups in total. The zero-order valence-corrected chi connectivity index (χ0v) is 8.21. The van der Waals surface area contributed by atoms with Crippen molar-refractivity contribution in [3.63, 3.8) is 0 Å². The van der Waals surface area contributed by atoms with Crippen LogP contribution >= 0.6 is 0 Å². The molecule has 2 atom stereocenters. The Morgan fingerprint density at radius 1 is 1.33 bits per heavy atom. The summed E-state index contributed by atoms with van der Waals surface area (Å²) in [5.41, 5.74) is 6.46. The van der Waals surface area contributed by atoms with Gasteiger partial charge in [-0.3, -0.25) is 4.90 Å². The molecule has 1 heterocycles. The molecular weight excluding hydrogens is 148 g/mol. The molecule has 2 rings (SSSR count). The van der Waals surface area contributed by atoms with E-state index in [1.165, 1.54) is 32.4 Å². The fourth-order valence-corrected chi connectivity index (χ4v) is 2.37. The van der Waals surface area contributed by atoms with Gasteiger partial charge in [-0.25, -0.2) is 0 Å². The van der Waals surface area contributed by atoms with Crippen LogP contribution in [-0.4, -0.2) is 30.1 Å². The summed E-state index contributed by atoms with van der Waals surface area (Å²) in [6.45, 7) is 7.23. The Kier molecular flexibility index (Phi) is 1.92. The van der Waals surface area contributed by atoms with Gasteiger partial charge in [0.05, 0.1) is 0 Å². The number of nitrogens with zero attached hydrogens (tertiary/aromatic N) is 1. The van der Waals surface area contributed by atoms with Crippen LogP contribution in [0, 0.1) is 5.41 Å². The highest BCUT2D eigenvalue weighted by Crippen LogP contribution is 2.42. The van der Waals surface area contributed by atoms with Crippen molar-refractivity contribution in [3.05, 3.63) is 0 Å². The molecule has 1 aliphatic carbocycles. The van der Waals surface area contributed by atoms with Crippen LogP contribution in [0.4, 0.5) is 0 Å². The quantitative estimate of drug-likeness (QED) is 0.686. The average molecular weight is 168 g/mol. The molecule has 0 spiro atoms. The third-order valence-electron chi connectivity index (χ3n) is 3.85. The zero-order chi connectivity index (χ0) is 8.77. The maximum Gasteiger partial charge on any atom is 0.0263 e. The molecule has 1 aliphatic heterocycles. The van der Waals surface area contributed by atoms with Crippen molar-refractivity contribution in [2.75, 3.05) is 13.1 Å². The van der Waals surface area contributed by atoms with Crippen LogP contribution in [0.2, 0.25) is 0 Å². The van der Waals surface area contributed by atoms with E-state index in [1.54, 1.807) is 0 Å². The predicted octanol–water partition coefficient (Wildman–Crippen LogP) is 1.21. The number of nitrogens with two attached hydrogens (primary N) is 1. The zero-order valence-electron chi connectivity index (χ0n) is 8.21. The second kappa shape index (κ2) is 2.71. The normalized spacial score (nSPS) is 39.2. The first-order valence-corrected chi connectivity index (χ1v) is 5.20. The molecule has 2 unspecified atom stereocenters. The monoisotopic (exact) mass is 168 g/mol. The molecule has 12 heavy (non-hydrogen) atoms. The fourth-order valence-electron chi connectivity index (χ4n) is 2.37. The first kappa shape index (κ1) is 8.52. The maximum atomic E-state index is 5.81. The summed E-state index contributed by atoms with van der Waals surface area (Å²) in [6.07, 6.45) is 3.91. The van der Waals surface area contributed by atoms with E-state index in [2.05, 4.69) is 18.7 Å². The Bertz CT molecular complexity index is 167. The van der Waals surface area contributed by atoms with Gasteiger partial charge in [-0.1, -0.05) is 13.8 Å². The first-order chi connectivity index (χ1) is 5.71. The van der Waals surface area contributed by atoms with Gasteiger partial charge >= 0.3 is 0 Å². The van der Waals surface area contributed by atoms with Gasteiger partial charge in [0.2, 0.25) is 0 Å².